The molecule has 2 rings (SSSR count). The number of hydrogen-bond donors (Lipinski definition) is 1. The molecule has 1 aromatic rings. The zero-order valence-corrected chi connectivity index (χ0v) is 15.9. The Morgan fingerprint density at radius 3 is 2.54 bits per heavy atom. The van der Waals surface area contributed by atoms with Crippen LogP contribution in [-0.4, -0.2) is 73.0 Å². The van der Waals surface area contributed by atoms with Crippen molar-refractivity contribution in [3.8, 4) is 0 Å². The first-order chi connectivity index (χ1) is 12.2. The van der Waals surface area contributed by atoms with Crippen molar-refractivity contribution < 1.29 is 19.5 Å². The second kappa shape index (κ2) is 8.31. The number of carboxylic acid groups (broad SMARTS) is 1. The van der Waals surface area contributed by atoms with E-state index in [2.05, 4.69) is 0 Å². The molecule has 1 heterocycles. The molecule has 1 saturated heterocycles. The quantitative estimate of drug-likeness (QED) is 0.787. The first-order valence-electron chi connectivity index (χ1n) is 8.72. The third kappa shape index (κ3) is 4.60. The van der Waals surface area contributed by atoms with E-state index in [0.717, 1.165) is 16.8 Å². The van der Waals surface area contributed by atoms with Gasteiger partial charge in [0.15, 0.2) is 0 Å². The van der Waals surface area contributed by atoms with Crippen molar-refractivity contribution in [1.82, 2.24) is 9.80 Å². The van der Waals surface area contributed by atoms with Gasteiger partial charge in [-0.05, 0) is 45.1 Å². The van der Waals surface area contributed by atoms with Crippen molar-refractivity contribution in [3.63, 3.8) is 0 Å². The van der Waals surface area contributed by atoms with Gasteiger partial charge in [-0.15, -0.1) is 0 Å². The molecule has 0 bridgehead atoms. The minimum atomic E-state index is -1.05. The fraction of sp³-hybridized carbons (Fsp3) is 0.526. The van der Waals surface area contributed by atoms with E-state index in [1.807, 2.05) is 51.0 Å². The Bertz CT molecular complexity index is 702. The molecule has 1 atom stereocenters. The summed E-state index contributed by atoms with van der Waals surface area (Å²) in [5.74, 6) is -1.92. The van der Waals surface area contributed by atoms with Gasteiger partial charge in [-0.2, -0.15) is 0 Å². The Morgan fingerprint density at radius 1 is 1.23 bits per heavy atom. The largest absolute Gasteiger partial charge is 0.480 e. The highest BCUT2D eigenvalue weighted by Crippen LogP contribution is 2.30. The van der Waals surface area contributed by atoms with E-state index in [-0.39, 0.29) is 24.8 Å². The van der Waals surface area contributed by atoms with Crippen molar-refractivity contribution in [2.45, 2.75) is 20.3 Å². The molecule has 0 saturated carbocycles. The van der Waals surface area contributed by atoms with Crippen LogP contribution in [0.5, 0.6) is 0 Å². The first kappa shape index (κ1) is 19.9. The highest BCUT2D eigenvalue weighted by Gasteiger charge is 2.38. The number of rotatable bonds is 7. The molecule has 0 unspecified atom stereocenters. The summed E-state index contributed by atoms with van der Waals surface area (Å²) < 4.78 is 0. The minimum Gasteiger partial charge on any atom is -0.480 e. The van der Waals surface area contributed by atoms with Crippen LogP contribution in [0.2, 0.25) is 0 Å². The summed E-state index contributed by atoms with van der Waals surface area (Å²) in [7, 11) is 3.73. The number of hydrogen-bond acceptors (Lipinski definition) is 4. The zero-order valence-electron chi connectivity index (χ0n) is 15.9. The third-order valence-electron chi connectivity index (χ3n) is 4.80. The van der Waals surface area contributed by atoms with Crippen molar-refractivity contribution in [1.29, 1.82) is 0 Å². The molecule has 2 amide bonds. The monoisotopic (exact) mass is 361 g/mol. The van der Waals surface area contributed by atoms with Crippen LogP contribution in [0.1, 0.15) is 17.5 Å². The number of anilines is 1. The van der Waals surface area contributed by atoms with Crippen molar-refractivity contribution in [2.24, 2.45) is 5.92 Å². The number of aliphatic carboxylic acids is 1. The lowest BCUT2D eigenvalue weighted by atomic mass is 10.1. The molecule has 0 aromatic heterocycles. The Kier molecular flexibility index (Phi) is 6.37. The average molecular weight is 361 g/mol. The van der Waals surface area contributed by atoms with Gasteiger partial charge in [0, 0.05) is 31.7 Å². The standard InChI is InChI=1S/C19H27N3O4/c1-13-6-5-7-16(14(13)2)22-11-15(10-17(22)23)19(26)21(12-18(24)25)9-8-20(3)4/h5-7,15H,8-12H2,1-4H3,(H,24,25)/t15-/m1/s1. The fourth-order valence-electron chi connectivity index (χ4n) is 3.14. The van der Waals surface area contributed by atoms with E-state index in [1.165, 1.54) is 4.90 Å². The molecule has 1 fully saturated rings. The molecule has 7 heteroatoms. The normalized spacial score (nSPS) is 17.0. The van der Waals surface area contributed by atoms with Crippen LogP contribution in [0.25, 0.3) is 0 Å². The summed E-state index contributed by atoms with van der Waals surface area (Å²) in [6.07, 6.45) is 0.115. The molecule has 1 N–H and O–H groups in total. The maximum atomic E-state index is 12.8. The van der Waals surface area contributed by atoms with Gasteiger partial charge in [-0.3, -0.25) is 14.4 Å². The lowest BCUT2D eigenvalue weighted by molar-refractivity contribution is -0.146. The van der Waals surface area contributed by atoms with Gasteiger partial charge in [0.2, 0.25) is 11.8 Å². The van der Waals surface area contributed by atoms with E-state index in [0.29, 0.717) is 19.6 Å². The smallest absolute Gasteiger partial charge is 0.323 e. The van der Waals surface area contributed by atoms with E-state index >= 15 is 0 Å². The molecule has 0 spiro atoms. The average Bonchev–Trinajstić information content (AvgIpc) is 2.94. The summed E-state index contributed by atoms with van der Waals surface area (Å²) in [5, 5.41) is 9.10. The molecular weight excluding hydrogens is 334 g/mol. The first-order valence-corrected chi connectivity index (χ1v) is 8.72. The number of aryl methyl sites for hydroxylation is 1. The molecule has 26 heavy (non-hydrogen) atoms. The number of benzene rings is 1. The Hall–Kier alpha value is -2.41. The van der Waals surface area contributed by atoms with E-state index in [4.69, 9.17) is 5.11 Å². The van der Waals surface area contributed by atoms with Gasteiger partial charge < -0.3 is 19.8 Å². The van der Waals surface area contributed by atoms with Gasteiger partial charge in [0.1, 0.15) is 6.54 Å². The van der Waals surface area contributed by atoms with Crippen LogP contribution in [0.4, 0.5) is 5.69 Å². The predicted molar refractivity (Wildman–Crippen MR) is 99.1 cm³/mol. The molecular formula is C19H27N3O4. The number of nitrogens with zero attached hydrogens (tertiary/aromatic N) is 3. The molecule has 0 radical (unpaired) electrons. The number of amides is 2. The minimum absolute atomic E-state index is 0.0973. The summed E-state index contributed by atoms with van der Waals surface area (Å²) in [5.41, 5.74) is 2.93. The third-order valence-corrected chi connectivity index (χ3v) is 4.80. The van der Waals surface area contributed by atoms with Crippen LogP contribution in [-0.2, 0) is 14.4 Å². The van der Waals surface area contributed by atoms with Gasteiger partial charge in [-0.1, -0.05) is 12.1 Å². The van der Waals surface area contributed by atoms with E-state index < -0.39 is 11.9 Å². The van der Waals surface area contributed by atoms with Crippen LogP contribution in [0, 0.1) is 19.8 Å². The van der Waals surface area contributed by atoms with Crippen LogP contribution >= 0.6 is 0 Å². The fourth-order valence-corrected chi connectivity index (χ4v) is 3.14. The molecule has 142 valence electrons. The summed E-state index contributed by atoms with van der Waals surface area (Å²) in [6, 6.07) is 5.76. The highest BCUT2D eigenvalue weighted by molar-refractivity contribution is 6.01. The second-order valence-corrected chi connectivity index (χ2v) is 7.08. The second-order valence-electron chi connectivity index (χ2n) is 7.08. The number of likely N-dealkylation sites (N-methyl/N-ethyl adjacent to an activating group) is 1. The molecule has 1 aromatic carbocycles. The predicted octanol–water partition coefficient (Wildman–Crippen LogP) is 1.13. The zero-order chi connectivity index (χ0) is 19.4. The molecule has 0 aliphatic carbocycles. The van der Waals surface area contributed by atoms with Crippen LogP contribution < -0.4 is 4.90 Å². The Morgan fingerprint density at radius 2 is 1.92 bits per heavy atom. The van der Waals surface area contributed by atoms with Crippen LogP contribution in [0.3, 0.4) is 0 Å². The van der Waals surface area contributed by atoms with E-state index in [9.17, 15) is 14.4 Å². The molecule has 7 nitrogen and oxygen atoms in total. The van der Waals surface area contributed by atoms with E-state index in [1.54, 1.807) is 4.90 Å². The lowest BCUT2D eigenvalue weighted by Crippen LogP contribution is -2.43. The van der Waals surface area contributed by atoms with Crippen molar-refractivity contribution in [2.75, 3.05) is 45.2 Å². The van der Waals surface area contributed by atoms with Gasteiger partial charge >= 0.3 is 5.97 Å². The van der Waals surface area contributed by atoms with Crippen molar-refractivity contribution in [3.05, 3.63) is 29.3 Å². The molecule has 1 aliphatic rings. The number of carbonyl (C=O) groups is 3. The van der Waals surface area contributed by atoms with Gasteiger partial charge in [0.25, 0.3) is 0 Å². The van der Waals surface area contributed by atoms with Gasteiger partial charge in [0.05, 0.1) is 5.92 Å². The SMILES string of the molecule is Cc1cccc(N2C[C@H](C(=O)N(CCN(C)C)CC(=O)O)CC2=O)c1C. The number of carboxylic acids is 1. The Balaban J connectivity index is 2.15. The highest BCUT2D eigenvalue weighted by atomic mass is 16.4. The van der Waals surface area contributed by atoms with Gasteiger partial charge in [-0.25, -0.2) is 0 Å². The number of carbonyl (C=O) groups excluding carboxylic acids is 2. The maximum Gasteiger partial charge on any atom is 0.323 e. The topological polar surface area (TPSA) is 81.2 Å². The van der Waals surface area contributed by atoms with Crippen molar-refractivity contribution >= 4 is 23.5 Å². The van der Waals surface area contributed by atoms with Crippen LogP contribution in [0.15, 0.2) is 18.2 Å². The molecule has 1 aliphatic heterocycles. The summed E-state index contributed by atoms with van der Waals surface area (Å²) in [4.78, 5) is 41.3. The summed E-state index contributed by atoms with van der Waals surface area (Å²) in [6.45, 7) is 4.78. The maximum absolute atomic E-state index is 12.8. The lowest BCUT2D eigenvalue weighted by Gasteiger charge is -2.25. The summed E-state index contributed by atoms with van der Waals surface area (Å²) >= 11 is 0. The Labute approximate surface area is 154 Å².